The Morgan fingerprint density at radius 3 is 1.48 bits per heavy atom. The first kappa shape index (κ1) is 37.5. The van der Waals surface area contributed by atoms with Crippen LogP contribution in [-0.4, -0.2) is 57.5 Å². The number of nitrogens with two attached hydrogens (primary N) is 1. The van der Waals surface area contributed by atoms with E-state index in [1.165, 1.54) is 44.9 Å². The maximum absolute atomic E-state index is 12.3. The fourth-order valence-electron chi connectivity index (χ4n) is 4.64. The lowest BCUT2D eigenvalue weighted by Gasteiger charge is -2.12. The van der Waals surface area contributed by atoms with E-state index in [9.17, 15) is 29.1 Å². The molecule has 232 valence electrons. The highest BCUT2D eigenvalue weighted by Crippen LogP contribution is 2.17. The standard InChI is InChI=1S/C30H54N2O8/c31-26(30(39)40)18-15-16-22-32-27(34)21-20-24(29(37)38)23-25(33)17-13-11-9-7-5-3-1-2-4-6-8-10-12-14-19-28(35)36/h24,26H,1-23,31H2,(H,32,34)(H,35,36)(H,37,38)(H,39,40)/t24-,26+/m1/s1. The molecule has 0 saturated carbocycles. The van der Waals surface area contributed by atoms with Crippen LogP contribution in [-0.2, 0) is 24.0 Å². The number of unbranched alkanes of at least 4 members (excludes halogenated alkanes) is 14. The van der Waals surface area contributed by atoms with E-state index >= 15 is 0 Å². The van der Waals surface area contributed by atoms with Crippen LogP contribution in [0.1, 0.15) is 141 Å². The molecular weight excluding hydrogens is 516 g/mol. The third kappa shape index (κ3) is 24.5. The SMILES string of the molecule is N[C@@H](CCCCNC(=O)CC[C@H](CC(=O)CCCCCCCCCCCCCCCCC(=O)O)C(=O)O)C(=O)O. The van der Waals surface area contributed by atoms with E-state index in [0.717, 1.165) is 44.9 Å². The summed E-state index contributed by atoms with van der Waals surface area (Å²) in [5.41, 5.74) is 5.43. The fourth-order valence-corrected chi connectivity index (χ4v) is 4.64. The highest BCUT2D eigenvalue weighted by Gasteiger charge is 2.22. The molecule has 0 saturated heterocycles. The van der Waals surface area contributed by atoms with Crippen LogP contribution in [0.25, 0.3) is 0 Å². The lowest BCUT2D eigenvalue weighted by atomic mass is 9.94. The molecule has 0 rings (SSSR count). The predicted molar refractivity (Wildman–Crippen MR) is 154 cm³/mol. The average Bonchev–Trinajstić information content (AvgIpc) is 2.89. The van der Waals surface area contributed by atoms with Gasteiger partial charge < -0.3 is 26.4 Å². The molecule has 0 radical (unpaired) electrons. The first-order valence-corrected chi connectivity index (χ1v) is 15.3. The van der Waals surface area contributed by atoms with E-state index in [1.807, 2.05) is 0 Å². The molecule has 40 heavy (non-hydrogen) atoms. The number of hydrogen-bond acceptors (Lipinski definition) is 6. The molecular formula is C30H54N2O8. The van der Waals surface area contributed by atoms with Crippen LogP contribution in [0.15, 0.2) is 0 Å². The Kier molecular flexibility index (Phi) is 23.9. The summed E-state index contributed by atoms with van der Waals surface area (Å²) in [4.78, 5) is 56.9. The second kappa shape index (κ2) is 25.5. The van der Waals surface area contributed by atoms with Crippen molar-refractivity contribution in [2.45, 2.75) is 147 Å². The molecule has 2 atom stereocenters. The zero-order valence-electron chi connectivity index (χ0n) is 24.4. The number of ketones is 1. The smallest absolute Gasteiger partial charge is 0.320 e. The van der Waals surface area contributed by atoms with Crippen LogP contribution in [0.5, 0.6) is 0 Å². The monoisotopic (exact) mass is 570 g/mol. The summed E-state index contributed by atoms with van der Waals surface area (Å²) < 4.78 is 0. The van der Waals surface area contributed by atoms with Crippen LogP contribution in [0.4, 0.5) is 0 Å². The summed E-state index contributed by atoms with van der Waals surface area (Å²) in [5.74, 6) is -4.01. The molecule has 0 unspecified atom stereocenters. The van der Waals surface area contributed by atoms with Gasteiger partial charge >= 0.3 is 17.9 Å². The van der Waals surface area contributed by atoms with E-state index in [-0.39, 0.29) is 37.4 Å². The average molecular weight is 571 g/mol. The summed E-state index contributed by atoms with van der Waals surface area (Å²) in [6.07, 6.45) is 17.7. The zero-order valence-corrected chi connectivity index (χ0v) is 24.4. The summed E-state index contributed by atoms with van der Waals surface area (Å²) in [5, 5.41) is 29.5. The van der Waals surface area contributed by atoms with E-state index in [4.69, 9.17) is 15.9 Å². The van der Waals surface area contributed by atoms with Gasteiger partial charge in [0.1, 0.15) is 11.8 Å². The Bertz CT molecular complexity index is 728. The molecule has 1 amide bonds. The van der Waals surface area contributed by atoms with Crippen molar-refractivity contribution in [2.75, 3.05) is 6.54 Å². The van der Waals surface area contributed by atoms with E-state index < -0.39 is 29.9 Å². The topological polar surface area (TPSA) is 184 Å². The van der Waals surface area contributed by atoms with Crippen molar-refractivity contribution in [2.24, 2.45) is 11.7 Å². The minimum absolute atomic E-state index is 0.0352. The van der Waals surface area contributed by atoms with Gasteiger partial charge in [-0.15, -0.1) is 0 Å². The lowest BCUT2D eigenvalue weighted by molar-refractivity contribution is -0.144. The van der Waals surface area contributed by atoms with Gasteiger partial charge in [0.15, 0.2) is 0 Å². The van der Waals surface area contributed by atoms with Crippen molar-refractivity contribution in [3.8, 4) is 0 Å². The fraction of sp³-hybridized carbons (Fsp3) is 0.833. The summed E-state index contributed by atoms with van der Waals surface area (Å²) in [6, 6.07) is -0.906. The summed E-state index contributed by atoms with van der Waals surface area (Å²) in [6.45, 7) is 0.376. The van der Waals surface area contributed by atoms with Crippen molar-refractivity contribution < 1.29 is 39.3 Å². The van der Waals surface area contributed by atoms with Gasteiger partial charge in [0, 0.05) is 32.2 Å². The van der Waals surface area contributed by atoms with E-state index in [0.29, 0.717) is 32.2 Å². The number of aliphatic carboxylic acids is 3. The van der Waals surface area contributed by atoms with Crippen molar-refractivity contribution in [1.82, 2.24) is 5.32 Å². The van der Waals surface area contributed by atoms with Crippen LogP contribution in [0.3, 0.4) is 0 Å². The highest BCUT2D eigenvalue weighted by molar-refractivity contribution is 5.84. The van der Waals surface area contributed by atoms with Crippen molar-refractivity contribution in [3.63, 3.8) is 0 Å². The largest absolute Gasteiger partial charge is 0.481 e. The molecule has 10 heteroatoms. The van der Waals surface area contributed by atoms with Crippen LogP contribution >= 0.6 is 0 Å². The minimum atomic E-state index is -1.06. The number of nitrogens with one attached hydrogen (secondary N) is 1. The molecule has 0 heterocycles. The number of hydrogen-bond donors (Lipinski definition) is 5. The molecule has 0 aromatic heterocycles. The molecule has 0 aliphatic rings. The van der Waals surface area contributed by atoms with Crippen molar-refractivity contribution >= 4 is 29.6 Å². The van der Waals surface area contributed by atoms with Gasteiger partial charge in [-0.25, -0.2) is 0 Å². The van der Waals surface area contributed by atoms with Gasteiger partial charge in [-0.3, -0.25) is 24.0 Å². The lowest BCUT2D eigenvalue weighted by Crippen LogP contribution is -2.30. The number of carbonyl (C=O) groups is 5. The van der Waals surface area contributed by atoms with Crippen LogP contribution in [0.2, 0.25) is 0 Å². The first-order chi connectivity index (χ1) is 19.1. The number of amides is 1. The second-order valence-electron chi connectivity index (χ2n) is 11.0. The Balaban J connectivity index is 3.69. The van der Waals surface area contributed by atoms with Gasteiger partial charge in [-0.05, 0) is 38.5 Å². The van der Waals surface area contributed by atoms with Crippen LogP contribution in [0, 0.1) is 5.92 Å². The highest BCUT2D eigenvalue weighted by atomic mass is 16.4. The van der Waals surface area contributed by atoms with E-state index in [1.54, 1.807) is 0 Å². The maximum Gasteiger partial charge on any atom is 0.320 e. The Morgan fingerprint density at radius 2 is 1.02 bits per heavy atom. The molecule has 10 nitrogen and oxygen atoms in total. The van der Waals surface area contributed by atoms with Gasteiger partial charge in [0.25, 0.3) is 0 Å². The molecule has 0 aliphatic heterocycles. The molecule has 0 fully saturated rings. The number of carboxylic acids is 3. The summed E-state index contributed by atoms with van der Waals surface area (Å²) in [7, 11) is 0. The first-order valence-electron chi connectivity index (χ1n) is 15.3. The van der Waals surface area contributed by atoms with Crippen molar-refractivity contribution in [1.29, 1.82) is 0 Å². The minimum Gasteiger partial charge on any atom is -0.481 e. The van der Waals surface area contributed by atoms with Crippen LogP contribution < -0.4 is 11.1 Å². The number of carbonyl (C=O) groups excluding carboxylic acids is 2. The van der Waals surface area contributed by atoms with Gasteiger partial charge in [0.2, 0.25) is 5.91 Å². The van der Waals surface area contributed by atoms with Gasteiger partial charge in [-0.2, -0.15) is 0 Å². The number of carboxylic acid groups (broad SMARTS) is 3. The molecule has 0 bridgehead atoms. The van der Waals surface area contributed by atoms with Crippen molar-refractivity contribution in [3.05, 3.63) is 0 Å². The summed E-state index contributed by atoms with van der Waals surface area (Å²) >= 11 is 0. The molecule has 0 aliphatic carbocycles. The quantitative estimate of drug-likeness (QED) is 0.0729. The normalized spacial score (nSPS) is 12.5. The molecule has 0 aromatic carbocycles. The molecule has 0 spiro atoms. The maximum atomic E-state index is 12.3. The third-order valence-corrected chi connectivity index (χ3v) is 7.22. The molecule has 6 N–H and O–H groups in total. The van der Waals surface area contributed by atoms with Gasteiger partial charge in [-0.1, -0.05) is 77.0 Å². The van der Waals surface area contributed by atoms with Gasteiger partial charge in [0.05, 0.1) is 5.92 Å². The number of Topliss-reactive ketones (excluding diaryl/α,β-unsaturated/α-hetero) is 1. The zero-order chi connectivity index (χ0) is 30.0. The van der Waals surface area contributed by atoms with E-state index in [2.05, 4.69) is 5.32 Å². The Labute approximate surface area is 239 Å². The third-order valence-electron chi connectivity index (χ3n) is 7.22. The number of rotatable bonds is 29. The molecule has 0 aromatic rings. The second-order valence-corrected chi connectivity index (χ2v) is 11.0. The predicted octanol–water partition coefficient (Wildman–Crippen LogP) is 5.45. The Hall–Kier alpha value is -2.49. The Morgan fingerprint density at radius 1 is 0.550 bits per heavy atom.